The van der Waals surface area contributed by atoms with Gasteiger partial charge in [0.15, 0.2) is 0 Å². The minimum atomic E-state index is 0.765. The monoisotopic (exact) mass is 396 g/mol. The lowest BCUT2D eigenvalue weighted by Crippen LogP contribution is -2.15. The summed E-state index contributed by atoms with van der Waals surface area (Å²) in [4.78, 5) is 0. The lowest BCUT2D eigenvalue weighted by atomic mass is 9.82. The van der Waals surface area contributed by atoms with Gasteiger partial charge in [-0.2, -0.15) is 0 Å². The molecule has 28 heavy (non-hydrogen) atoms. The number of hydrogen-bond donors (Lipinski definition) is 0. The molecule has 0 spiro atoms. The van der Waals surface area contributed by atoms with Gasteiger partial charge in [0.25, 0.3) is 0 Å². The molecular formula is C28H60. The number of allylic oxidation sites excluding steroid dienone is 2. The molecule has 172 valence electrons. The molecule has 0 bridgehead atoms. The van der Waals surface area contributed by atoms with Crippen LogP contribution in [0.5, 0.6) is 0 Å². The van der Waals surface area contributed by atoms with E-state index in [1.807, 2.05) is 13.8 Å². The van der Waals surface area contributed by atoms with Crippen LogP contribution in [0.2, 0.25) is 0 Å². The van der Waals surface area contributed by atoms with Crippen molar-refractivity contribution in [3.05, 3.63) is 25.3 Å². The number of rotatable bonds is 12. The number of hydrogen-bond acceptors (Lipinski definition) is 0. The van der Waals surface area contributed by atoms with Crippen LogP contribution < -0.4 is 0 Å². The van der Waals surface area contributed by atoms with Gasteiger partial charge in [0.2, 0.25) is 0 Å². The maximum absolute atomic E-state index is 3.00. The van der Waals surface area contributed by atoms with Crippen LogP contribution in [0.15, 0.2) is 25.3 Å². The normalized spacial score (nSPS) is 12.6. The van der Waals surface area contributed by atoms with Crippen molar-refractivity contribution in [1.82, 2.24) is 0 Å². The van der Waals surface area contributed by atoms with Crippen molar-refractivity contribution in [3.63, 3.8) is 0 Å². The molecular weight excluding hydrogens is 336 g/mol. The maximum atomic E-state index is 3.00. The van der Waals surface area contributed by atoms with E-state index >= 15 is 0 Å². The summed E-state index contributed by atoms with van der Waals surface area (Å²) in [6, 6.07) is 0. The van der Waals surface area contributed by atoms with Crippen molar-refractivity contribution >= 4 is 0 Å². The van der Waals surface area contributed by atoms with E-state index in [0.717, 1.165) is 29.6 Å². The predicted octanol–water partition coefficient (Wildman–Crippen LogP) is 10.7. The molecule has 0 heterocycles. The zero-order valence-corrected chi connectivity index (χ0v) is 22.1. The highest BCUT2D eigenvalue weighted by Crippen LogP contribution is 2.25. The quantitative estimate of drug-likeness (QED) is 0.227. The minimum Gasteiger partial charge on any atom is -0.106 e. The first-order valence-electron chi connectivity index (χ1n) is 12.5. The van der Waals surface area contributed by atoms with Crippen molar-refractivity contribution in [2.75, 3.05) is 0 Å². The molecule has 0 aliphatic heterocycles. The molecule has 0 fully saturated rings. The lowest BCUT2D eigenvalue weighted by Gasteiger charge is -2.24. The highest BCUT2D eigenvalue weighted by atomic mass is 14.2. The van der Waals surface area contributed by atoms with Gasteiger partial charge in [-0.15, -0.1) is 13.2 Å². The zero-order chi connectivity index (χ0) is 23.0. The largest absolute Gasteiger partial charge is 0.106 e. The number of unbranched alkanes of at least 4 members (excludes halogenated alkanes) is 4. The maximum Gasteiger partial charge on any atom is -0.0260 e. The summed E-state index contributed by atoms with van der Waals surface area (Å²) in [5.74, 6) is 4.29. The van der Waals surface area contributed by atoms with Gasteiger partial charge in [-0.3, -0.25) is 0 Å². The van der Waals surface area contributed by atoms with Gasteiger partial charge in [0.05, 0.1) is 0 Å². The first-order chi connectivity index (χ1) is 13.3. The van der Waals surface area contributed by atoms with Crippen molar-refractivity contribution in [1.29, 1.82) is 0 Å². The topological polar surface area (TPSA) is 0 Å². The van der Waals surface area contributed by atoms with E-state index in [9.17, 15) is 0 Å². The second kappa shape index (κ2) is 28.7. The first kappa shape index (κ1) is 35.0. The molecule has 0 aliphatic rings. The van der Waals surface area contributed by atoms with Crippen LogP contribution in [0, 0.1) is 29.6 Å². The SMILES string of the molecule is C=C.CC.CCC(CC)C(C)C(C)C.CCCCCCC=CC(C)CC(C)C. The fraction of sp³-hybridized carbons (Fsp3) is 0.857. The van der Waals surface area contributed by atoms with Crippen LogP contribution in [0.3, 0.4) is 0 Å². The third kappa shape index (κ3) is 27.7. The average Bonchev–Trinajstić information content (AvgIpc) is 2.68. The zero-order valence-electron chi connectivity index (χ0n) is 22.1. The van der Waals surface area contributed by atoms with Crippen LogP contribution in [-0.2, 0) is 0 Å². The molecule has 0 heteroatoms. The van der Waals surface area contributed by atoms with Crippen LogP contribution in [0.25, 0.3) is 0 Å². The van der Waals surface area contributed by atoms with Gasteiger partial charge in [-0.25, -0.2) is 0 Å². The van der Waals surface area contributed by atoms with Crippen LogP contribution >= 0.6 is 0 Å². The van der Waals surface area contributed by atoms with Crippen LogP contribution in [0.1, 0.15) is 128 Å². The Morgan fingerprint density at radius 1 is 0.750 bits per heavy atom. The highest BCUT2D eigenvalue weighted by Gasteiger charge is 2.15. The third-order valence-corrected chi connectivity index (χ3v) is 5.38. The van der Waals surface area contributed by atoms with Crippen molar-refractivity contribution in [3.8, 4) is 0 Å². The summed E-state index contributed by atoms with van der Waals surface area (Å²) in [5, 5.41) is 0. The van der Waals surface area contributed by atoms with E-state index in [1.165, 1.54) is 51.4 Å². The van der Waals surface area contributed by atoms with E-state index < -0.39 is 0 Å². The second-order valence-corrected chi connectivity index (χ2v) is 8.56. The fourth-order valence-corrected chi connectivity index (χ4v) is 3.42. The molecule has 0 aliphatic carbocycles. The minimum absolute atomic E-state index is 0.765. The van der Waals surface area contributed by atoms with Crippen molar-refractivity contribution < 1.29 is 0 Å². The summed E-state index contributed by atoms with van der Waals surface area (Å²) in [6.45, 7) is 30.8. The van der Waals surface area contributed by atoms with E-state index in [4.69, 9.17) is 0 Å². The summed E-state index contributed by atoms with van der Waals surface area (Å²) < 4.78 is 0. The summed E-state index contributed by atoms with van der Waals surface area (Å²) >= 11 is 0. The lowest BCUT2D eigenvalue weighted by molar-refractivity contribution is 0.262. The average molecular weight is 397 g/mol. The molecule has 2 atom stereocenters. The van der Waals surface area contributed by atoms with E-state index in [-0.39, 0.29) is 0 Å². The molecule has 0 saturated carbocycles. The molecule has 0 amide bonds. The van der Waals surface area contributed by atoms with Gasteiger partial charge in [0, 0.05) is 0 Å². The van der Waals surface area contributed by atoms with Crippen LogP contribution in [-0.4, -0.2) is 0 Å². The van der Waals surface area contributed by atoms with E-state index in [0.29, 0.717) is 0 Å². The molecule has 0 N–H and O–H groups in total. The molecule has 0 rings (SSSR count). The predicted molar refractivity (Wildman–Crippen MR) is 137 cm³/mol. The summed E-state index contributed by atoms with van der Waals surface area (Å²) in [5.41, 5.74) is 0. The molecule has 0 saturated heterocycles. The summed E-state index contributed by atoms with van der Waals surface area (Å²) in [6.07, 6.45) is 15.6. The van der Waals surface area contributed by atoms with Gasteiger partial charge in [-0.05, 0) is 48.9 Å². The first-order valence-corrected chi connectivity index (χ1v) is 12.5. The van der Waals surface area contributed by atoms with Gasteiger partial charge >= 0.3 is 0 Å². The Hall–Kier alpha value is -0.520. The molecule has 2 unspecified atom stereocenters. The molecule has 0 aromatic carbocycles. The second-order valence-electron chi connectivity index (χ2n) is 8.56. The van der Waals surface area contributed by atoms with Crippen molar-refractivity contribution in [2.24, 2.45) is 29.6 Å². The van der Waals surface area contributed by atoms with Gasteiger partial charge < -0.3 is 0 Å². The summed E-state index contributed by atoms with van der Waals surface area (Å²) in [7, 11) is 0. The Balaban J connectivity index is -0.000000181. The Kier molecular flexibility index (Phi) is 35.8. The highest BCUT2D eigenvalue weighted by molar-refractivity contribution is 4.86. The Morgan fingerprint density at radius 2 is 1.25 bits per heavy atom. The van der Waals surface area contributed by atoms with Gasteiger partial charge in [-0.1, -0.05) is 120 Å². The van der Waals surface area contributed by atoms with E-state index in [1.54, 1.807) is 0 Å². The molecule has 0 aromatic heterocycles. The fourth-order valence-electron chi connectivity index (χ4n) is 3.42. The Bertz CT molecular complexity index is 270. The van der Waals surface area contributed by atoms with Gasteiger partial charge in [0.1, 0.15) is 0 Å². The van der Waals surface area contributed by atoms with Crippen LogP contribution in [0.4, 0.5) is 0 Å². The Labute approximate surface area is 182 Å². The molecule has 0 aromatic rings. The van der Waals surface area contributed by atoms with E-state index in [2.05, 4.69) is 87.6 Å². The molecule has 0 nitrogen and oxygen atoms in total. The van der Waals surface area contributed by atoms with Crippen molar-refractivity contribution in [2.45, 2.75) is 128 Å². The smallest absolute Gasteiger partial charge is 0.0260 e. The standard InChI is InChI=1S/C14H28.C10H22.C2H6.C2H4/c1-5-6-7-8-9-10-11-14(4)12-13(2)3;1-6-10(7-2)9(5)8(3)4;2*1-2/h10-11,13-14H,5-9,12H2,1-4H3;8-10H,6-7H2,1-5H3;1-2H3;1-2H2. The molecule has 0 radical (unpaired) electrons. The third-order valence-electron chi connectivity index (χ3n) is 5.38. The Morgan fingerprint density at radius 3 is 1.57 bits per heavy atom.